The van der Waals surface area contributed by atoms with Gasteiger partial charge in [-0.3, -0.25) is 4.79 Å². The van der Waals surface area contributed by atoms with Gasteiger partial charge in [-0.2, -0.15) is 4.99 Å². The molecule has 0 aliphatic rings. The van der Waals surface area contributed by atoms with Gasteiger partial charge in [0.15, 0.2) is 10.6 Å². The van der Waals surface area contributed by atoms with E-state index in [9.17, 15) is 13.6 Å². The van der Waals surface area contributed by atoms with Gasteiger partial charge in [-0.1, -0.05) is 11.3 Å². The number of halogens is 2. The third kappa shape index (κ3) is 3.12. The van der Waals surface area contributed by atoms with Crippen LogP contribution < -0.4 is 14.3 Å². The monoisotopic (exact) mass is 364 g/mol. The summed E-state index contributed by atoms with van der Waals surface area (Å²) in [6, 6.07) is 6.73. The Balaban J connectivity index is 2.12. The number of nitrogens with zero attached hydrogens (tertiary/aromatic N) is 2. The maximum absolute atomic E-state index is 14.0. The number of fused-ring (bicyclic) bond motifs is 1. The number of carbonyl (C=O) groups excluding carboxylic acids is 1. The molecule has 0 aliphatic heterocycles. The van der Waals surface area contributed by atoms with Crippen molar-refractivity contribution in [1.29, 1.82) is 0 Å². The van der Waals surface area contributed by atoms with Crippen molar-refractivity contribution in [3.05, 3.63) is 52.3 Å². The predicted molar refractivity (Wildman–Crippen MR) is 90.2 cm³/mol. The molecule has 8 heteroatoms. The lowest BCUT2D eigenvalue weighted by molar-refractivity contribution is 0.0995. The molecule has 1 amide bonds. The van der Waals surface area contributed by atoms with Gasteiger partial charge in [-0.15, -0.1) is 0 Å². The molecule has 2 aromatic carbocycles. The molecule has 0 N–H and O–H groups in total. The van der Waals surface area contributed by atoms with Crippen molar-refractivity contribution >= 4 is 27.5 Å². The number of hydrogen-bond acceptors (Lipinski definition) is 4. The zero-order chi connectivity index (χ0) is 18.1. The Morgan fingerprint density at radius 1 is 1.16 bits per heavy atom. The van der Waals surface area contributed by atoms with Crippen LogP contribution in [0.5, 0.6) is 11.5 Å². The van der Waals surface area contributed by atoms with Gasteiger partial charge in [0.25, 0.3) is 5.91 Å². The lowest BCUT2D eigenvalue weighted by Gasteiger charge is -2.07. The van der Waals surface area contributed by atoms with Gasteiger partial charge in [0.05, 0.1) is 30.0 Å². The van der Waals surface area contributed by atoms with Gasteiger partial charge in [0.1, 0.15) is 17.3 Å². The molecule has 0 radical (unpaired) electrons. The van der Waals surface area contributed by atoms with Gasteiger partial charge >= 0.3 is 0 Å². The minimum atomic E-state index is -0.704. The van der Waals surface area contributed by atoms with E-state index in [0.717, 1.165) is 17.4 Å². The summed E-state index contributed by atoms with van der Waals surface area (Å²) in [5.74, 6) is -1.08. The van der Waals surface area contributed by atoms with Gasteiger partial charge in [-0.25, -0.2) is 8.78 Å². The highest BCUT2D eigenvalue weighted by Gasteiger charge is 2.15. The van der Waals surface area contributed by atoms with Crippen LogP contribution in [0.1, 0.15) is 10.4 Å². The SMILES string of the molecule is COc1ccc(C(=O)N=c2sc3cc(F)cc(F)c3n2C)c(OC)c1. The van der Waals surface area contributed by atoms with Crippen molar-refractivity contribution in [2.45, 2.75) is 0 Å². The topological polar surface area (TPSA) is 52.8 Å². The third-order valence-electron chi connectivity index (χ3n) is 3.65. The Morgan fingerprint density at radius 3 is 2.60 bits per heavy atom. The molecule has 0 bridgehead atoms. The first-order chi connectivity index (χ1) is 11.9. The van der Waals surface area contributed by atoms with E-state index in [0.29, 0.717) is 16.2 Å². The molecule has 0 fully saturated rings. The van der Waals surface area contributed by atoms with Gasteiger partial charge < -0.3 is 14.0 Å². The first kappa shape index (κ1) is 17.1. The molecule has 3 rings (SSSR count). The van der Waals surface area contributed by atoms with Crippen LogP contribution in [0.25, 0.3) is 10.2 Å². The molecule has 0 saturated carbocycles. The lowest BCUT2D eigenvalue weighted by atomic mass is 10.2. The van der Waals surface area contributed by atoms with E-state index in [1.165, 1.54) is 30.9 Å². The van der Waals surface area contributed by atoms with Crippen molar-refractivity contribution < 1.29 is 23.0 Å². The fourth-order valence-corrected chi connectivity index (χ4v) is 3.48. The summed E-state index contributed by atoms with van der Waals surface area (Å²) in [4.78, 5) is 16.8. The van der Waals surface area contributed by atoms with Crippen LogP contribution in [0, 0.1) is 11.6 Å². The van der Waals surface area contributed by atoms with Crippen molar-refractivity contribution in [2.24, 2.45) is 12.0 Å². The molecule has 5 nitrogen and oxygen atoms in total. The number of methoxy groups -OCH3 is 2. The van der Waals surface area contributed by atoms with Crippen LogP contribution in [0.15, 0.2) is 35.3 Å². The van der Waals surface area contributed by atoms with E-state index < -0.39 is 17.5 Å². The summed E-state index contributed by atoms with van der Waals surface area (Å²) in [7, 11) is 4.51. The second-order valence-corrected chi connectivity index (χ2v) is 6.17. The van der Waals surface area contributed by atoms with E-state index in [-0.39, 0.29) is 15.9 Å². The zero-order valence-electron chi connectivity index (χ0n) is 13.7. The second-order valence-electron chi connectivity index (χ2n) is 5.16. The lowest BCUT2D eigenvalue weighted by Crippen LogP contribution is -2.14. The molecule has 0 unspecified atom stereocenters. The highest BCUT2D eigenvalue weighted by atomic mass is 32.1. The van der Waals surface area contributed by atoms with Gasteiger partial charge in [0.2, 0.25) is 0 Å². The predicted octanol–water partition coefficient (Wildman–Crippen LogP) is 3.28. The number of aryl methyl sites for hydroxylation is 1. The van der Waals surface area contributed by atoms with E-state index >= 15 is 0 Å². The Hall–Kier alpha value is -2.74. The molecule has 0 saturated heterocycles. The highest BCUT2D eigenvalue weighted by molar-refractivity contribution is 7.16. The van der Waals surface area contributed by atoms with Crippen LogP contribution in [0.4, 0.5) is 8.78 Å². The summed E-state index contributed by atoms with van der Waals surface area (Å²) in [6.45, 7) is 0. The number of hydrogen-bond donors (Lipinski definition) is 0. The van der Waals surface area contributed by atoms with E-state index in [1.54, 1.807) is 19.2 Å². The van der Waals surface area contributed by atoms with Gasteiger partial charge in [-0.05, 0) is 18.2 Å². The maximum atomic E-state index is 14.0. The minimum absolute atomic E-state index is 0.194. The molecule has 1 heterocycles. The fourth-order valence-electron chi connectivity index (χ4n) is 2.43. The summed E-state index contributed by atoms with van der Waals surface area (Å²) >= 11 is 1.03. The summed E-state index contributed by atoms with van der Waals surface area (Å²) in [6.07, 6.45) is 0. The number of amides is 1. The number of carbonyl (C=O) groups is 1. The number of ether oxygens (including phenoxy) is 2. The van der Waals surface area contributed by atoms with Gasteiger partial charge in [0, 0.05) is 19.2 Å². The first-order valence-electron chi connectivity index (χ1n) is 7.20. The van der Waals surface area contributed by atoms with E-state index in [1.807, 2.05) is 0 Å². The fraction of sp³-hybridized carbons (Fsp3) is 0.176. The minimum Gasteiger partial charge on any atom is -0.497 e. The van der Waals surface area contributed by atoms with Crippen LogP contribution in [0.3, 0.4) is 0 Å². The largest absolute Gasteiger partial charge is 0.497 e. The molecule has 25 heavy (non-hydrogen) atoms. The standard InChI is InChI=1S/C17H14F2N2O3S/c1-21-15-12(19)6-9(18)7-14(15)25-17(21)20-16(22)11-5-4-10(23-2)8-13(11)24-3/h4-8H,1-3H3. The van der Waals surface area contributed by atoms with Crippen molar-refractivity contribution in [3.63, 3.8) is 0 Å². The molecule has 1 aromatic heterocycles. The number of aromatic nitrogens is 1. The summed E-state index contributed by atoms with van der Waals surface area (Å²) in [5.41, 5.74) is 0.437. The maximum Gasteiger partial charge on any atom is 0.283 e. The number of thiazole rings is 1. The Morgan fingerprint density at radius 2 is 1.92 bits per heavy atom. The Labute approximate surface area is 145 Å². The average Bonchev–Trinajstić information content (AvgIpc) is 2.89. The van der Waals surface area contributed by atoms with Crippen molar-refractivity contribution in [1.82, 2.24) is 4.57 Å². The molecule has 0 atom stereocenters. The first-order valence-corrected chi connectivity index (χ1v) is 8.02. The van der Waals surface area contributed by atoms with E-state index in [4.69, 9.17) is 9.47 Å². The molecular formula is C17H14F2N2O3S. The number of rotatable bonds is 3. The Bertz CT molecular complexity index is 1040. The zero-order valence-corrected chi connectivity index (χ0v) is 14.5. The van der Waals surface area contributed by atoms with Crippen LogP contribution in [0.2, 0.25) is 0 Å². The Kier molecular flexibility index (Phi) is 4.54. The third-order valence-corrected chi connectivity index (χ3v) is 4.73. The smallest absolute Gasteiger partial charge is 0.283 e. The summed E-state index contributed by atoms with van der Waals surface area (Å²) in [5, 5.41) is 0. The molecule has 3 aromatic rings. The molecule has 130 valence electrons. The van der Waals surface area contributed by atoms with E-state index in [2.05, 4.69) is 4.99 Å². The van der Waals surface area contributed by atoms with Crippen molar-refractivity contribution in [3.8, 4) is 11.5 Å². The molecule has 0 aliphatic carbocycles. The molecular weight excluding hydrogens is 350 g/mol. The highest BCUT2D eigenvalue weighted by Crippen LogP contribution is 2.25. The normalized spacial score (nSPS) is 11.8. The second kappa shape index (κ2) is 6.64. The number of benzene rings is 2. The van der Waals surface area contributed by atoms with Crippen molar-refractivity contribution in [2.75, 3.05) is 14.2 Å². The summed E-state index contributed by atoms with van der Waals surface area (Å²) < 4.78 is 39.4. The van der Waals surface area contributed by atoms with Crippen LogP contribution in [-0.4, -0.2) is 24.7 Å². The van der Waals surface area contributed by atoms with Crippen LogP contribution in [-0.2, 0) is 7.05 Å². The van der Waals surface area contributed by atoms with Crippen LogP contribution >= 0.6 is 11.3 Å². The quantitative estimate of drug-likeness (QED) is 0.717. The average molecular weight is 364 g/mol. The molecule has 0 spiro atoms.